The highest BCUT2D eigenvalue weighted by atomic mass is 32.2. The number of rotatable bonds is 10. The Bertz CT molecular complexity index is 664. The van der Waals surface area contributed by atoms with E-state index in [2.05, 4.69) is 10.6 Å². The third-order valence-corrected chi connectivity index (χ3v) is 4.01. The lowest BCUT2D eigenvalue weighted by atomic mass is 10.1. The van der Waals surface area contributed by atoms with Crippen LogP contribution in [-0.4, -0.2) is 46.3 Å². The van der Waals surface area contributed by atoms with E-state index in [-0.39, 0.29) is 11.5 Å². The van der Waals surface area contributed by atoms with Crippen LogP contribution in [-0.2, 0) is 4.79 Å². The molecule has 0 aliphatic carbocycles. The van der Waals surface area contributed by atoms with Crippen molar-refractivity contribution in [1.82, 2.24) is 10.6 Å². The number of carbonyl (C=O) groups is 2. The predicted molar refractivity (Wildman–Crippen MR) is 97.3 cm³/mol. The van der Waals surface area contributed by atoms with Gasteiger partial charge in [-0.05, 0) is 24.9 Å². The number of nitrogens with one attached hydrogen (secondary N) is 2. The summed E-state index contributed by atoms with van der Waals surface area (Å²) in [5.74, 6) is -0.539. The standard InChI is InChI=1S/C15H20N4O6S/c1-3-5-16-15(21)13(4-6-26-2)17-14(20)10-7-11(18(22)23)9-12(8-10)19(24)25/h7-9,13H,3-6H2,1-2H3,(H,16,21)(H,17,20)/t13-/m0/s1. The number of hydrogen-bond donors (Lipinski definition) is 2. The molecule has 2 N–H and O–H groups in total. The molecule has 11 heteroatoms. The Balaban J connectivity index is 3.05. The fourth-order valence-electron chi connectivity index (χ4n) is 2.05. The average Bonchev–Trinajstić information content (AvgIpc) is 2.62. The molecule has 0 unspecified atom stereocenters. The first kappa shape index (κ1) is 21.4. The SMILES string of the molecule is CCCNC(=O)[C@H](CCSC)NC(=O)c1cc([N+](=O)[O-])cc([N+](=O)[O-])c1. The van der Waals surface area contributed by atoms with Gasteiger partial charge in [0.15, 0.2) is 0 Å². The Kier molecular flexibility index (Phi) is 8.49. The molecule has 0 aliphatic heterocycles. The van der Waals surface area contributed by atoms with E-state index in [1.807, 2.05) is 13.2 Å². The number of nitrogens with zero attached hydrogens (tertiary/aromatic N) is 2. The van der Waals surface area contributed by atoms with Crippen molar-refractivity contribution >= 4 is 35.0 Å². The van der Waals surface area contributed by atoms with Gasteiger partial charge in [0.1, 0.15) is 6.04 Å². The van der Waals surface area contributed by atoms with Crippen molar-refractivity contribution in [3.63, 3.8) is 0 Å². The zero-order valence-electron chi connectivity index (χ0n) is 14.4. The van der Waals surface area contributed by atoms with Crippen molar-refractivity contribution in [2.75, 3.05) is 18.6 Å². The number of hydrogen-bond acceptors (Lipinski definition) is 7. The van der Waals surface area contributed by atoms with Crippen LogP contribution in [0.1, 0.15) is 30.1 Å². The molecular formula is C15H20N4O6S. The minimum atomic E-state index is -0.834. The second-order valence-electron chi connectivity index (χ2n) is 5.35. The van der Waals surface area contributed by atoms with E-state index in [4.69, 9.17) is 0 Å². The Labute approximate surface area is 154 Å². The first-order valence-electron chi connectivity index (χ1n) is 7.81. The van der Waals surface area contributed by atoms with Crippen molar-refractivity contribution < 1.29 is 19.4 Å². The van der Waals surface area contributed by atoms with Crippen LogP contribution in [0.2, 0.25) is 0 Å². The number of nitro benzene ring substituents is 2. The van der Waals surface area contributed by atoms with E-state index < -0.39 is 33.2 Å². The van der Waals surface area contributed by atoms with E-state index in [1.165, 1.54) is 11.8 Å². The number of thioether (sulfide) groups is 1. The number of amides is 2. The summed E-state index contributed by atoms with van der Waals surface area (Å²) in [6, 6.07) is 1.82. The molecule has 26 heavy (non-hydrogen) atoms. The van der Waals surface area contributed by atoms with Gasteiger partial charge in [0.25, 0.3) is 17.3 Å². The molecule has 0 saturated carbocycles. The molecule has 142 valence electrons. The van der Waals surface area contributed by atoms with E-state index in [0.717, 1.165) is 24.6 Å². The second-order valence-corrected chi connectivity index (χ2v) is 6.34. The van der Waals surface area contributed by atoms with Gasteiger partial charge in [-0.3, -0.25) is 29.8 Å². The molecule has 1 atom stereocenters. The topological polar surface area (TPSA) is 144 Å². The molecular weight excluding hydrogens is 364 g/mol. The third kappa shape index (κ3) is 6.31. The van der Waals surface area contributed by atoms with Crippen LogP contribution in [0.5, 0.6) is 0 Å². The van der Waals surface area contributed by atoms with E-state index in [1.54, 1.807) is 0 Å². The predicted octanol–water partition coefficient (Wildman–Crippen LogP) is 1.88. The Morgan fingerprint density at radius 2 is 1.73 bits per heavy atom. The fourth-order valence-corrected chi connectivity index (χ4v) is 2.53. The van der Waals surface area contributed by atoms with E-state index >= 15 is 0 Å². The first-order valence-corrected chi connectivity index (χ1v) is 9.20. The summed E-state index contributed by atoms with van der Waals surface area (Å²) < 4.78 is 0. The quantitative estimate of drug-likeness (QED) is 0.463. The van der Waals surface area contributed by atoms with Gasteiger partial charge in [0.2, 0.25) is 5.91 Å². The summed E-state index contributed by atoms with van der Waals surface area (Å²) in [6.07, 6.45) is 2.94. The van der Waals surface area contributed by atoms with Gasteiger partial charge in [-0.25, -0.2) is 0 Å². The van der Waals surface area contributed by atoms with Crippen molar-refractivity contribution in [2.24, 2.45) is 0 Å². The molecule has 1 rings (SSSR count). The molecule has 0 fully saturated rings. The Morgan fingerprint density at radius 1 is 1.15 bits per heavy atom. The minimum Gasteiger partial charge on any atom is -0.354 e. The molecule has 0 saturated heterocycles. The summed E-state index contributed by atoms with van der Waals surface area (Å²) >= 11 is 1.50. The number of nitro groups is 2. The number of benzene rings is 1. The van der Waals surface area contributed by atoms with Gasteiger partial charge >= 0.3 is 0 Å². The maximum atomic E-state index is 12.4. The van der Waals surface area contributed by atoms with Crippen LogP contribution in [0.3, 0.4) is 0 Å². The highest BCUT2D eigenvalue weighted by molar-refractivity contribution is 7.98. The zero-order valence-corrected chi connectivity index (χ0v) is 15.2. The van der Waals surface area contributed by atoms with Crippen LogP contribution in [0, 0.1) is 20.2 Å². The summed E-state index contributed by atoms with van der Waals surface area (Å²) in [4.78, 5) is 44.8. The Morgan fingerprint density at radius 3 is 2.19 bits per heavy atom. The molecule has 0 bridgehead atoms. The molecule has 1 aromatic rings. The van der Waals surface area contributed by atoms with E-state index in [0.29, 0.717) is 18.7 Å². The van der Waals surface area contributed by atoms with Crippen molar-refractivity contribution in [3.05, 3.63) is 44.0 Å². The smallest absolute Gasteiger partial charge is 0.277 e. The summed E-state index contributed by atoms with van der Waals surface area (Å²) in [6.45, 7) is 2.34. The minimum absolute atomic E-state index is 0.247. The van der Waals surface area contributed by atoms with Gasteiger partial charge in [-0.1, -0.05) is 6.92 Å². The lowest BCUT2D eigenvalue weighted by Gasteiger charge is -2.18. The summed E-state index contributed by atoms with van der Waals surface area (Å²) in [7, 11) is 0. The lowest BCUT2D eigenvalue weighted by molar-refractivity contribution is -0.394. The maximum absolute atomic E-state index is 12.4. The third-order valence-electron chi connectivity index (χ3n) is 3.37. The highest BCUT2D eigenvalue weighted by Gasteiger charge is 2.24. The van der Waals surface area contributed by atoms with Gasteiger partial charge in [0, 0.05) is 18.7 Å². The van der Waals surface area contributed by atoms with Crippen molar-refractivity contribution in [3.8, 4) is 0 Å². The molecule has 0 heterocycles. The Hall–Kier alpha value is -2.69. The van der Waals surface area contributed by atoms with Gasteiger partial charge < -0.3 is 10.6 Å². The molecule has 0 radical (unpaired) electrons. The largest absolute Gasteiger partial charge is 0.354 e. The highest BCUT2D eigenvalue weighted by Crippen LogP contribution is 2.22. The second kappa shape index (κ2) is 10.3. The van der Waals surface area contributed by atoms with Crippen LogP contribution in [0.4, 0.5) is 11.4 Å². The van der Waals surface area contributed by atoms with Crippen molar-refractivity contribution in [2.45, 2.75) is 25.8 Å². The van der Waals surface area contributed by atoms with E-state index in [9.17, 15) is 29.8 Å². The molecule has 0 aliphatic rings. The molecule has 2 amide bonds. The molecule has 10 nitrogen and oxygen atoms in total. The van der Waals surface area contributed by atoms with Crippen molar-refractivity contribution in [1.29, 1.82) is 0 Å². The first-order chi connectivity index (χ1) is 12.3. The molecule has 1 aromatic carbocycles. The van der Waals surface area contributed by atoms with Crippen LogP contribution in [0.15, 0.2) is 18.2 Å². The van der Waals surface area contributed by atoms with Gasteiger partial charge in [0.05, 0.1) is 21.5 Å². The number of non-ortho nitro benzene ring substituents is 2. The van der Waals surface area contributed by atoms with Crippen LogP contribution >= 0.6 is 11.8 Å². The number of carbonyl (C=O) groups excluding carboxylic acids is 2. The summed E-state index contributed by atoms with van der Waals surface area (Å²) in [5, 5.41) is 27.0. The lowest BCUT2D eigenvalue weighted by Crippen LogP contribution is -2.47. The molecule has 0 spiro atoms. The zero-order chi connectivity index (χ0) is 19.7. The monoisotopic (exact) mass is 384 g/mol. The van der Waals surface area contributed by atoms with Gasteiger partial charge in [-0.15, -0.1) is 0 Å². The van der Waals surface area contributed by atoms with Crippen LogP contribution in [0.25, 0.3) is 0 Å². The van der Waals surface area contributed by atoms with Crippen LogP contribution < -0.4 is 10.6 Å². The maximum Gasteiger partial charge on any atom is 0.277 e. The summed E-state index contributed by atoms with van der Waals surface area (Å²) in [5.41, 5.74) is -1.38. The molecule has 0 aromatic heterocycles. The normalized spacial score (nSPS) is 11.5. The fraction of sp³-hybridized carbons (Fsp3) is 0.467. The van der Waals surface area contributed by atoms with Gasteiger partial charge in [-0.2, -0.15) is 11.8 Å². The average molecular weight is 384 g/mol.